The standard InChI is InChI=1S/C28H26N4O4S/c1-16-7-9-18(10-8-16)26-31-27-23(12-22-19(14-33)13-29-17(2)25(22)36-27)28(32-26)37-15-24(34)30-20-5-4-6-21(11-20)35-3/h4-11,13,33H,12,14-15H2,1-3H3,(H,30,34). The van der Waals surface area contributed by atoms with Crippen molar-refractivity contribution in [3.8, 4) is 28.8 Å². The van der Waals surface area contributed by atoms with E-state index in [1.165, 1.54) is 11.8 Å². The first-order chi connectivity index (χ1) is 17.9. The summed E-state index contributed by atoms with van der Waals surface area (Å²) in [6, 6.07) is 15.2. The third-order valence-corrected chi connectivity index (χ3v) is 7.08. The fourth-order valence-electron chi connectivity index (χ4n) is 4.08. The van der Waals surface area contributed by atoms with E-state index >= 15 is 0 Å². The topological polar surface area (TPSA) is 106 Å². The van der Waals surface area contributed by atoms with Gasteiger partial charge in [0, 0.05) is 41.1 Å². The number of pyridine rings is 1. The van der Waals surface area contributed by atoms with Gasteiger partial charge in [0.1, 0.15) is 10.8 Å². The number of anilines is 1. The zero-order valence-electron chi connectivity index (χ0n) is 20.7. The number of aliphatic hydroxyl groups is 1. The Labute approximate surface area is 219 Å². The Hall–Kier alpha value is -3.95. The highest BCUT2D eigenvalue weighted by molar-refractivity contribution is 8.00. The minimum absolute atomic E-state index is 0.142. The monoisotopic (exact) mass is 514 g/mol. The second kappa shape index (κ2) is 10.6. The van der Waals surface area contributed by atoms with E-state index in [0.717, 1.165) is 27.9 Å². The van der Waals surface area contributed by atoms with Crippen LogP contribution in [0.2, 0.25) is 0 Å². The van der Waals surface area contributed by atoms with E-state index in [1.807, 2.05) is 56.3 Å². The van der Waals surface area contributed by atoms with Gasteiger partial charge in [-0.1, -0.05) is 47.7 Å². The molecule has 0 aliphatic carbocycles. The van der Waals surface area contributed by atoms with E-state index in [-0.39, 0.29) is 18.3 Å². The van der Waals surface area contributed by atoms with Gasteiger partial charge in [-0.25, -0.2) is 4.98 Å². The lowest BCUT2D eigenvalue weighted by Gasteiger charge is -2.24. The van der Waals surface area contributed by atoms with Crippen LogP contribution in [0.4, 0.5) is 5.69 Å². The van der Waals surface area contributed by atoms with Crippen LogP contribution in [0.5, 0.6) is 17.4 Å². The number of rotatable bonds is 7. The van der Waals surface area contributed by atoms with Gasteiger partial charge in [-0.05, 0) is 26.0 Å². The van der Waals surface area contributed by atoms with Crippen molar-refractivity contribution in [3.63, 3.8) is 0 Å². The van der Waals surface area contributed by atoms with Crippen LogP contribution in [-0.2, 0) is 17.8 Å². The van der Waals surface area contributed by atoms with Crippen LogP contribution in [0.1, 0.15) is 27.9 Å². The van der Waals surface area contributed by atoms with E-state index in [9.17, 15) is 9.90 Å². The van der Waals surface area contributed by atoms with Crippen LogP contribution in [0.15, 0.2) is 59.8 Å². The van der Waals surface area contributed by atoms with Crippen LogP contribution in [0, 0.1) is 13.8 Å². The molecule has 4 aromatic rings. The number of carbonyl (C=O) groups is 1. The molecule has 37 heavy (non-hydrogen) atoms. The number of hydrogen-bond donors (Lipinski definition) is 2. The highest BCUT2D eigenvalue weighted by Crippen LogP contribution is 2.42. The quantitative estimate of drug-likeness (QED) is 0.229. The molecule has 1 aliphatic rings. The van der Waals surface area contributed by atoms with Crippen molar-refractivity contribution in [3.05, 3.63) is 82.7 Å². The molecule has 2 N–H and O–H groups in total. The fraction of sp³-hybridized carbons (Fsp3) is 0.214. The highest BCUT2D eigenvalue weighted by Gasteiger charge is 2.28. The predicted molar refractivity (Wildman–Crippen MR) is 142 cm³/mol. The normalized spacial score (nSPS) is 11.8. The van der Waals surface area contributed by atoms with E-state index in [0.29, 0.717) is 45.9 Å². The molecule has 2 aromatic carbocycles. The number of ether oxygens (including phenoxy) is 2. The molecule has 0 fully saturated rings. The summed E-state index contributed by atoms with van der Waals surface area (Å²) < 4.78 is 11.5. The Morgan fingerprint density at radius 1 is 1.14 bits per heavy atom. The number of hydrogen-bond acceptors (Lipinski definition) is 8. The SMILES string of the molecule is COc1cccc(NC(=O)CSc2nc(-c3ccc(C)cc3)nc3c2Cc2c(CO)cnc(C)c2O3)c1. The van der Waals surface area contributed by atoms with E-state index < -0.39 is 0 Å². The molecule has 0 bridgehead atoms. The minimum Gasteiger partial charge on any atom is -0.497 e. The number of benzene rings is 2. The molecule has 0 saturated heterocycles. The summed E-state index contributed by atoms with van der Waals surface area (Å²) in [6.45, 7) is 3.74. The summed E-state index contributed by atoms with van der Waals surface area (Å²) in [5.41, 5.74) is 5.70. The van der Waals surface area contributed by atoms with Gasteiger partial charge in [-0.2, -0.15) is 4.98 Å². The number of carbonyl (C=O) groups excluding carboxylic acids is 1. The van der Waals surface area contributed by atoms with Gasteiger partial charge in [-0.3, -0.25) is 9.78 Å². The number of nitrogens with zero attached hydrogens (tertiary/aromatic N) is 3. The largest absolute Gasteiger partial charge is 0.497 e. The molecule has 9 heteroatoms. The Morgan fingerprint density at radius 2 is 1.95 bits per heavy atom. The number of aryl methyl sites for hydroxylation is 2. The zero-order valence-corrected chi connectivity index (χ0v) is 21.6. The summed E-state index contributed by atoms with van der Waals surface area (Å²) in [5, 5.41) is 13.4. The van der Waals surface area contributed by atoms with Crippen molar-refractivity contribution in [1.29, 1.82) is 0 Å². The average Bonchev–Trinajstić information content (AvgIpc) is 2.91. The van der Waals surface area contributed by atoms with Crippen molar-refractivity contribution in [1.82, 2.24) is 15.0 Å². The number of methoxy groups -OCH3 is 1. The average molecular weight is 515 g/mol. The number of fused-ring (bicyclic) bond motifs is 2. The van der Waals surface area contributed by atoms with Crippen LogP contribution in [-0.4, -0.2) is 38.8 Å². The Balaban J connectivity index is 1.47. The van der Waals surface area contributed by atoms with Crippen molar-refractivity contribution in [2.24, 2.45) is 0 Å². The lowest BCUT2D eigenvalue weighted by molar-refractivity contribution is -0.113. The van der Waals surface area contributed by atoms with Crippen molar-refractivity contribution < 1.29 is 19.4 Å². The third-order valence-electron chi connectivity index (χ3n) is 6.06. The summed E-state index contributed by atoms with van der Waals surface area (Å²) in [5.74, 6) is 2.20. The number of nitrogens with one attached hydrogen (secondary N) is 1. The van der Waals surface area contributed by atoms with Gasteiger partial charge in [0.2, 0.25) is 11.8 Å². The maximum atomic E-state index is 12.8. The molecule has 2 aromatic heterocycles. The molecule has 1 aliphatic heterocycles. The maximum Gasteiger partial charge on any atom is 0.234 e. The second-order valence-corrected chi connectivity index (χ2v) is 9.65. The van der Waals surface area contributed by atoms with Gasteiger partial charge in [0.15, 0.2) is 11.6 Å². The predicted octanol–water partition coefficient (Wildman–Crippen LogP) is 5.08. The Kier molecular flexibility index (Phi) is 7.07. The highest BCUT2D eigenvalue weighted by atomic mass is 32.2. The van der Waals surface area contributed by atoms with Gasteiger partial charge in [0.05, 0.1) is 30.7 Å². The van der Waals surface area contributed by atoms with Crippen molar-refractivity contribution >= 4 is 23.4 Å². The molecule has 3 heterocycles. The van der Waals surface area contributed by atoms with Gasteiger partial charge in [-0.15, -0.1) is 0 Å². The Bertz CT molecular complexity index is 1470. The fourth-order valence-corrected chi connectivity index (χ4v) is 4.90. The van der Waals surface area contributed by atoms with Crippen LogP contribution in [0.25, 0.3) is 11.4 Å². The van der Waals surface area contributed by atoms with E-state index in [1.54, 1.807) is 19.4 Å². The number of thioether (sulfide) groups is 1. The lowest BCUT2D eigenvalue weighted by atomic mass is 9.99. The second-order valence-electron chi connectivity index (χ2n) is 8.68. The molecule has 0 radical (unpaired) electrons. The van der Waals surface area contributed by atoms with Gasteiger partial charge >= 0.3 is 0 Å². The molecular weight excluding hydrogens is 488 g/mol. The Morgan fingerprint density at radius 3 is 2.70 bits per heavy atom. The van der Waals surface area contributed by atoms with Gasteiger partial charge < -0.3 is 19.9 Å². The number of aromatic nitrogens is 3. The summed E-state index contributed by atoms with van der Waals surface area (Å²) in [7, 11) is 1.58. The maximum absolute atomic E-state index is 12.8. The first-order valence-corrected chi connectivity index (χ1v) is 12.7. The molecule has 0 unspecified atom stereocenters. The third kappa shape index (κ3) is 5.28. The van der Waals surface area contributed by atoms with Crippen molar-refractivity contribution in [2.45, 2.75) is 31.9 Å². The number of aliphatic hydroxyl groups excluding tert-OH is 1. The summed E-state index contributed by atoms with van der Waals surface area (Å²) >= 11 is 1.32. The molecular formula is C28H26N4O4S. The summed E-state index contributed by atoms with van der Waals surface area (Å²) in [6.07, 6.45) is 2.14. The molecule has 0 atom stereocenters. The molecule has 188 valence electrons. The van der Waals surface area contributed by atoms with Crippen molar-refractivity contribution in [2.75, 3.05) is 18.2 Å². The van der Waals surface area contributed by atoms with Gasteiger partial charge in [0.25, 0.3) is 0 Å². The first-order valence-electron chi connectivity index (χ1n) is 11.8. The van der Waals surface area contributed by atoms with E-state index in [4.69, 9.17) is 19.4 Å². The molecule has 8 nitrogen and oxygen atoms in total. The number of amides is 1. The molecule has 0 spiro atoms. The van der Waals surface area contributed by atoms with Crippen LogP contribution < -0.4 is 14.8 Å². The first kappa shape index (κ1) is 24.7. The van der Waals surface area contributed by atoms with Crippen LogP contribution >= 0.6 is 11.8 Å². The molecule has 0 saturated carbocycles. The van der Waals surface area contributed by atoms with Crippen LogP contribution in [0.3, 0.4) is 0 Å². The molecule has 5 rings (SSSR count). The summed E-state index contributed by atoms with van der Waals surface area (Å²) in [4.78, 5) is 26.7. The zero-order chi connectivity index (χ0) is 25.9. The van der Waals surface area contributed by atoms with E-state index in [2.05, 4.69) is 10.3 Å². The smallest absolute Gasteiger partial charge is 0.234 e. The lowest BCUT2D eigenvalue weighted by Crippen LogP contribution is -2.16. The minimum atomic E-state index is -0.171. The molecule has 1 amide bonds.